The number of carbonyl (C=O) groups is 1. The zero-order valence-electron chi connectivity index (χ0n) is 11.5. The van der Waals surface area contributed by atoms with Crippen molar-refractivity contribution in [3.05, 3.63) is 0 Å². The van der Waals surface area contributed by atoms with Crippen molar-refractivity contribution in [3.8, 4) is 0 Å². The van der Waals surface area contributed by atoms with Gasteiger partial charge in [-0.3, -0.25) is 9.69 Å². The van der Waals surface area contributed by atoms with Gasteiger partial charge in [0.1, 0.15) is 0 Å². The van der Waals surface area contributed by atoms with Crippen molar-refractivity contribution in [2.24, 2.45) is 0 Å². The molecule has 1 N–H and O–H groups in total. The molecule has 0 bridgehead atoms. The number of amides is 1. The van der Waals surface area contributed by atoms with Crippen LogP contribution in [0.2, 0.25) is 0 Å². The fraction of sp³-hybridized carbons (Fsp3) is 0.923. The summed E-state index contributed by atoms with van der Waals surface area (Å²) < 4.78 is 0. The van der Waals surface area contributed by atoms with Gasteiger partial charge >= 0.3 is 0 Å². The zero-order valence-corrected chi connectivity index (χ0v) is 11.5. The summed E-state index contributed by atoms with van der Waals surface area (Å²) in [5.41, 5.74) is 0. The van der Waals surface area contributed by atoms with Crippen LogP contribution in [0.5, 0.6) is 0 Å². The highest BCUT2D eigenvalue weighted by Gasteiger charge is 2.20. The maximum Gasteiger partial charge on any atom is 0.223 e. The van der Waals surface area contributed by atoms with Gasteiger partial charge in [-0.1, -0.05) is 6.92 Å². The normalized spacial score (nSPS) is 20.6. The Morgan fingerprint density at radius 2 is 2.12 bits per heavy atom. The molecule has 1 unspecified atom stereocenters. The van der Waals surface area contributed by atoms with Crippen molar-refractivity contribution >= 4 is 5.91 Å². The molecule has 1 atom stereocenters. The quantitative estimate of drug-likeness (QED) is 0.751. The van der Waals surface area contributed by atoms with E-state index in [1.165, 1.54) is 12.8 Å². The van der Waals surface area contributed by atoms with Crippen molar-refractivity contribution in [1.29, 1.82) is 0 Å². The van der Waals surface area contributed by atoms with E-state index in [1.807, 2.05) is 14.1 Å². The summed E-state index contributed by atoms with van der Waals surface area (Å²) in [5, 5.41) is 3.45. The van der Waals surface area contributed by atoms with E-state index in [0.717, 1.165) is 32.6 Å². The molecule has 1 aliphatic heterocycles. The number of carbonyl (C=O) groups excluding carboxylic acids is 1. The summed E-state index contributed by atoms with van der Waals surface area (Å²) in [6, 6.07) is 0.624. The standard InChI is InChI=1S/C13H27N3O/c1-4-9-16(10-7-13(17)15(2)3)12-6-5-8-14-11-12/h12,14H,4-11H2,1-3H3. The average Bonchev–Trinajstić information content (AvgIpc) is 2.35. The summed E-state index contributed by atoms with van der Waals surface area (Å²) in [6.45, 7) is 6.44. The second-order valence-corrected chi connectivity index (χ2v) is 5.07. The second kappa shape index (κ2) is 7.67. The first-order chi connectivity index (χ1) is 8.15. The Morgan fingerprint density at radius 3 is 2.65 bits per heavy atom. The molecule has 0 aromatic carbocycles. The Kier molecular flexibility index (Phi) is 6.52. The van der Waals surface area contributed by atoms with Crippen molar-refractivity contribution < 1.29 is 4.79 Å². The van der Waals surface area contributed by atoms with Gasteiger partial charge in [-0.2, -0.15) is 0 Å². The predicted molar refractivity (Wildman–Crippen MR) is 71.1 cm³/mol. The summed E-state index contributed by atoms with van der Waals surface area (Å²) in [5.74, 6) is 0.231. The monoisotopic (exact) mass is 241 g/mol. The number of nitrogens with zero attached hydrogens (tertiary/aromatic N) is 2. The SMILES string of the molecule is CCCN(CCC(=O)N(C)C)C1CCCNC1. The molecule has 0 spiro atoms. The fourth-order valence-electron chi connectivity index (χ4n) is 2.37. The van der Waals surface area contributed by atoms with Crippen LogP contribution in [-0.4, -0.2) is 62.0 Å². The van der Waals surface area contributed by atoms with E-state index < -0.39 is 0 Å². The lowest BCUT2D eigenvalue weighted by atomic mass is 10.1. The Hall–Kier alpha value is -0.610. The van der Waals surface area contributed by atoms with E-state index >= 15 is 0 Å². The molecule has 17 heavy (non-hydrogen) atoms. The van der Waals surface area contributed by atoms with Crippen LogP contribution in [-0.2, 0) is 4.79 Å². The lowest BCUT2D eigenvalue weighted by molar-refractivity contribution is -0.129. The van der Waals surface area contributed by atoms with Gasteiger partial charge in [-0.05, 0) is 32.4 Å². The van der Waals surface area contributed by atoms with Gasteiger partial charge in [0.05, 0.1) is 0 Å². The molecular formula is C13H27N3O. The molecule has 4 nitrogen and oxygen atoms in total. The molecule has 0 radical (unpaired) electrons. The Morgan fingerprint density at radius 1 is 1.35 bits per heavy atom. The van der Waals surface area contributed by atoms with Gasteiger partial charge in [-0.25, -0.2) is 0 Å². The molecule has 0 aliphatic carbocycles. The molecule has 0 aromatic heterocycles. The third-order valence-corrected chi connectivity index (χ3v) is 3.41. The zero-order chi connectivity index (χ0) is 12.7. The number of rotatable bonds is 6. The molecule has 0 aromatic rings. The Balaban J connectivity index is 2.38. The van der Waals surface area contributed by atoms with E-state index in [1.54, 1.807) is 4.90 Å². The molecule has 1 aliphatic rings. The first-order valence-corrected chi connectivity index (χ1v) is 6.80. The van der Waals surface area contributed by atoms with Gasteiger partial charge in [-0.15, -0.1) is 0 Å². The van der Waals surface area contributed by atoms with Crippen LogP contribution in [0.1, 0.15) is 32.6 Å². The van der Waals surface area contributed by atoms with Gasteiger partial charge in [0.15, 0.2) is 0 Å². The van der Waals surface area contributed by atoms with Crippen molar-refractivity contribution in [3.63, 3.8) is 0 Å². The predicted octanol–water partition coefficient (Wildman–Crippen LogP) is 0.929. The minimum atomic E-state index is 0.231. The minimum absolute atomic E-state index is 0.231. The summed E-state index contributed by atoms with van der Waals surface area (Å²) in [4.78, 5) is 15.8. The van der Waals surface area contributed by atoms with Crippen molar-refractivity contribution in [2.75, 3.05) is 40.3 Å². The minimum Gasteiger partial charge on any atom is -0.349 e. The highest BCUT2D eigenvalue weighted by molar-refractivity contribution is 5.75. The molecule has 0 saturated carbocycles. The van der Waals surface area contributed by atoms with Crippen LogP contribution >= 0.6 is 0 Å². The summed E-state index contributed by atoms with van der Waals surface area (Å²) >= 11 is 0. The van der Waals surface area contributed by atoms with Crippen LogP contribution in [0.15, 0.2) is 0 Å². The van der Waals surface area contributed by atoms with Crippen LogP contribution in [0.25, 0.3) is 0 Å². The smallest absolute Gasteiger partial charge is 0.223 e. The van der Waals surface area contributed by atoms with E-state index in [9.17, 15) is 4.79 Å². The molecule has 4 heteroatoms. The molecule has 1 heterocycles. The second-order valence-electron chi connectivity index (χ2n) is 5.07. The fourth-order valence-corrected chi connectivity index (χ4v) is 2.37. The highest BCUT2D eigenvalue weighted by atomic mass is 16.2. The van der Waals surface area contributed by atoms with E-state index in [2.05, 4.69) is 17.1 Å². The maximum absolute atomic E-state index is 11.6. The third-order valence-electron chi connectivity index (χ3n) is 3.41. The Bertz CT molecular complexity index is 225. The lowest BCUT2D eigenvalue weighted by Gasteiger charge is -2.34. The van der Waals surface area contributed by atoms with Crippen LogP contribution in [0.3, 0.4) is 0 Å². The van der Waals surface area contributed by atoms with Crippen LogP contribution in [0.4, 0.5) is 0 Å². The van der Waals surface area contributed by atoms with Gasteiger partial charge in [0, 0.05) is 39.6 Å². The molecule has 1 rings (SSSR count). The van der Waals surface area contributed by atoms with Crippen LogP contribution in [0, 0.1) is 0 Å². The van der Waals surface area contributed by atoms with E-state index in [-0.39, 0.29) is 5.91 Å². The third kappa shape index (κ3) is 5.04. The van der Waals surface area contributed by atoms with Gasteiger partial charge in [0.25, 0.3) is 0 Å². The van der Waals surface area contributed by atoms with Crippen molar-refractivity contribution in [2.45, 2.75) is 38.6 Å². The number of piperidine rings is 1. The Labute approximate surface area is 105 Å². The first kappa shape index (κ1) is 14.5. The highest BCUT2D eigenvalue weighted by Crippen LogP contribution is 2.11. The van der Waals surface area contributed by atoms with Gasteiger partial charge < -0.3 is 10.2 Å². The lowest BCUT2D eigenvalue weighted by Crippen LogP contribution is -2.47. The molecule has 100 valence electrons. The van der Waals surface area contributed by atoms with Crippen molar-refractivity contribution in [1.82, 2.24) is 15.1 Å². The average molecular weight is 241 g/mol. The molecule has 1 fully saturated rings. The summed E-state index contributed by atoms with van der Waals surface area (Å²) in [6.07, 6.45) is 4.33. The largest absolute Gasteiger partial charge is 0.349 e. The van der Waals surface area contributed by atoms with E-state index in [0.29, 0.717) is 12.5 Å². The number of nitrogens with one attached hydrogen (secondary N) is 1. The van der Waals surface area contributed by atoms with E-state index in [4.69, 9.17) is 0 Å². The number of hydrogen-bond acceptors (Lipinski definition) is 3. The van der Waals surface area contributed by atoms with Crippen LogP contribution < -0.4 is 5.32 Å². The maximum atomic E-state index is 11.6. The molecule has 1 amide bonds. The first-order valence-electron chi connectivity index (χ1n) is 6.80. The molecule has 1 saturated heterocycles. The number of hydrogen-bond donors (Lipinski definition) is 1. The summed E-state index contributed by atoms with van der Waals surface area (Å²) in [7, 11) is 3.66. The van der Waals surface area contributed by atoms with Gasteiger partial charge in [0.2, 0.25) is 5.91 Å². The topological polar surface area (TPSA) is 35.6 Å². The molecular weight excluding hydrogens is 214 g/mol.